The van der Waals surface area contributed by atoms with Gasteiger partial charge in [-0.3, -0.25) is 9.79 Å². The Morgan fingerprint density at radius 2 is 2.05 bits per heavy atom. The summed E-state index contributed by atoms with van der Waals surface area (Å²) in [5, 5.41) is 0.699. The first-order valence-electron chi connectivity index (χ1n) is 5.84. The van der Waals surface area contributed by atoms with Crippen LogP contribution in [-0.4, -0.2) is 39.9 Å². The third kappa shape index (κ3) is 3.58. The van der Waals surface area contributed by atoms with Crippen LogP contribution in [0, 0.1) is 0 Å². The van der Waals surface area contributed by atoms with Gasteiger partial charge in [0.2, 0.25) is 0 Å². The third-order valence-electron chi connectivity index (χ3n) is 2.78. The van der Waals surface area contributed by atoms with Crippen LogP contribution in [0.4, 0.5) is 0 Å². The van der Waals surface area contributed by atoms with Crippen LogP contribution in [-0.2, 0) is 11.1 Å². The summed E-state index contributed by atoms with van der Waals surface area (Å²) >= 11 is 0. The molecule has 0 saturated heterocycles. The van der Waals surface area contributed by atoms with E-state index in [4.69, 9.17) is 14.3 Å². The Morgan fingerprint density at radius 1 is 1.32 bits per heavy atom. The summed E-state index contributed by atoms with van der Waals surface area (Å²) in [6, 6.07) is 6.98. The van der Waals surface area contributed by atoms with Gasteiger partial charge in [0.05, 0.1) is 5.52 Å². The van der Waals surface area contributed by atoms with Crippen molar-refractivity contribution in [2.45, 2.75) is 6.54 Å². The fourth-order valence-electron chi connectivity index (χ4n) is 1.91. The molecule has 0 spiro atoms. The molecule has 0 bridgehead atoms. The van der Waals surface area contributed by atoms with E-state index in [1.165, 1.54) is 0 Å². The van der Waals surface area contributed by atoms with Crippen molar-refractivity contribution < 1.29 is 18.9 Å². The number of fused-ring (bicyclic) bond motifs is 1. The normalized spacial score (nSPS) is 12.3. The maximum Gasteiger partial charge on any atom is 0.524 e. The number of hydrogen-bond acceptors (Lipinski definition) is 3. The van der Waals surface area contributed by atoms with Crippen molar-refractivity contribution in [1.82, 2.24) is 9.47 Å². The van der Waals surface area contributed by atoms with E-state index < -0.39 is 7.82 Å². The van der Waals surface area contributed by atoms with Gasteiger partial charge in [-0.1, -0.05) is 6.07 Å². The highest BCUT2D eigenvalue weighted by Gasteiger charge is 2.18. The third-order valence-corrected chi connectivity index (χ3v) is 3.21. The van der Waals surface area contributed by atoms with E-state index >= 15 is 0 Å². The largest absolute Gasteiger partial charge is 0.524 e. The number of likely N-dealkylation sites (N-methyl/N-ethyl adjacent to an activating group) is 1. The first-order valence-corrected chi connectivity index (χ1v) is 7.37. The van der Waals surface area contributed by atoms with Crippen LogP contribution < -0.4 is 4.52 Å². The second-order valence-corrected chi connectivity index (χ2v) is 5.75. The topological polar surface area (TPSA) is 74.9 Å². The Balaban J connectivity index is 2.34. The lowest BCUT2D eigenvalue weighted by molar-refractivity contribution is 0.284. The van der Waals surface area contributed by atoms with E-state index in [-0.39, 0.29) is 5.75 Å². The summed E-state index contributed by atoms with van der Waals surface area (Å²) in [5.41, 5.74) is 0.896. The van der Waals surface area contributed by atoms with Crippen LogP contribution in [0.2, 0.25) is 0 Å². The fourth-order valence-corrected chi connectivity index (χ4v) is 2.32. The second-order valence-electron chi connectivity index (χ2n) is 4.58. The zero-order chi connectivity index (χ0) is 14.0. The van der Waals surface area contributed by atoms with Gasteiger partial charge in [-0.15, -0.1) is 0 Å². The van der Waals surface area contributed by atoms with E-state index in [1.807, 2.05) is 30.9 Å². The van der Waals surface area contributed by atoms with Crippen molar-refractivity contribution in [1.29, 1.82) is 0 Å². The zero-order valence-electron chi connectivity index (χ0n) is 10.9. The van der Waals surface area contributed by atoms with E-state index in [1.54, 1.807) is 18.2 Å². The smallest absolute Gasteiger partial charge is 0.404 e. The average molecular weight is 284 g/mol. The lowest BCUT2D eigenvalue weighted by atomic mass is 10.2. The van der Waals surface area contributed by atoms with Gasteiger partial charge in [0.15, 0.2) is 0 Å². The second kappa shape index (κ2) is 5.35. The van der Waals surface area contributed by atoms with Crippen LogP contribution in [0.5, 0.6) is 5.75 Å². The molecule has 2 N–H and O–H groups in total. The van der Waals surface area contributed by atoms with Crippen molar-refractivity contribution in [2.75, 3.05) is 20.6 Å². The summed E-state index contributed by atoms with van der Waals surface area (Å²) in [7, 11) is -0.543. The zero-order valence-corrected chi connectivity index (χ0v) is 11.7. The minimum absolute atomic E-state index is 0.203. The standard InChI is InChI=1S/C12H17N2O4P/c1-13(2)8-9-14-7-6-10-11(14)4-3-5-12(10)18-19(15,16)17/h3-7H,8-9H2,1-2H3,(H2,15,16,17). The molecular formula is C12H17N2O4P. The molecule has 0 aliphatic carbocycles. The number of benzene rings is 1. The van der Waals surface area contributed by atoms with Gasteiger partial charge < -0.3 is 14.0 Å². The Labute approximate surface area is 111 Å². The van der Waals surface area contributed by atoms with Crippen molar-refractivity contribution in [2.24, 2.45) is 0 Å². The molecular weight excluding hydrogens is 267 g/mol. The molecule has 0 amide bonds. The number of rotatable bonds is 5. The summed E-state index contributed by atoms with van der Waals surface area (Å²) in [5.74, 6) is 0.203. The van der Waals surface area contributed by atoms with Gasteiger partial charge in [0, 0.05) is 24.7 Å². The lowest BCUT2D eigenvalue weighted by Gasteiger charge is -2.12. The molecule has 0 aliphatic rings. The molecule has 0 fully saturated rings. The lowest BCUT2D eigenvalue weighted by Crippen LogP contribution is -2.17. The number of aromatic nitrogens is 1. The minimum atomic E-state index is -4.53. The molecule has 0 aliphatic heterocycles. The van der Waals surface area contributed by atoms with Gasteiger partial charge in [0.1, 0.15) is 5.75 Å². The summed E-state index contributed by atoms with van der Waals surface area (Å²) in [4.78, 5) is 19.8. The Hall–Kier alpha value is -1.33. The fraction of sp³-hybridized carbons (Fsp3) is 0.333. The van der Waals surface area contributed by atoms with E-state index in [0.29, 0.717) is 5.39 Å². The summed E-state index contributed by atoms with van der Waals surface area (Å²) in [6.45, 7) is 1.68. The molecule has 6 nitrogen and oxygen atoms in total. The predicted octanol–water partition coefficient (Wildman–Crippen LogP) is 1.67. The summed E-state index contributed by atoms with van der Waals surface area (Å²) < 4.78 is 17.7. The monoisotopic (exact) mass is 284 g/mol. The molecule has 19 heavy (non-hydrogen) atoms. The van der Waals surface area contributed by atoms with Gasteiger partial charge >= 0.3 is 7.82 Å². The highest BCUT2D eigenvalue weighted by molar-refractivity contribution is 7.46. The molecule has 0 radical (unpaired) electrons. The molecule has 1 aromatic carbocycles. The van der Waals surface area contributed by atoms with Gasteiger partial charge in [-0.05, 0) is 32.3 Å². The van der Waals surface area contributed by atoms with Crippen LogP contribution in [0.15, 0.2) is 30.5 Å². The molecule has 0 unspecified atom stereocenters. The molecule has 0 saturated carbocycles. The molecule has 7 heteroatoms. The van der Waals surface area contributed by atoms with Crippen molar-refractivity contribution in [3.05, 3.63) is 30.5 Å². The van der Waals surface area contributed by atoms with Crippen molar-refractivity contribution in [3.8, 4) is 5.75 Å². The van der Waals surface area contributed by atoms with E-state index in [2.05, 4.69) is 4.90 Å². The highest BCUT2D eigenvalue weighted by Crippen LogP contribution is 2.40. The van der Waals surface area contributed by atoms with Gasteiger partial charge in [0.25, 0.3) is 0 Å². The van der Waals surface area contributed by atoms with E-state index in [9.17, 15) is 4.57 Å². The number of phosphoric ester groups is 1. The van der Waals surface area contributed by atoms with Gasteiger partial charge in [-0.25, -0.2) is 4.57 Å². The summed E-state index contributed by atoms with van der Waals surface area (Å²) in [6.07, 6.45) is 1.89. The maximum absolute atomic E-state index is 10.9. The van der Waals surface area contributed by atoms with Crippen LogP contribution in [0.25, 0.3) is 10.9 Å². The van der Waals surface area contributed by atoms with Crippen molar-refractivity contribution in [3.63, 3.8) is 0 Å². The Bertz CT molecular complexity index is 617. The van der Waals surface area contributed by atoms with Crippen LogP contribution >= 0.6 is 7.82 Å². The van der Waals surface area contributed by atoms with Crippen LogP contribution in [0.1, 0.15) is 0 Å². The van der Waals surface area contributed by atoms with E-state index in [0.717, 1.165) is 18.6 Å². The Kier molecular flexibility index (Phi) is 3.96. The first kappa shape index (κ1) is 14.1. The SMILES string of the molecule is CN(C)CCn1ccc2c(OP(=O)(O)O)cccc21. The molecule has 1 heterocycles. The average Bonchev–Trinajstić information content (AvgIpc) is 2.68. The minimum Gasteiger partial charge on any atom is -0.404 e. The van der Waals surface area contributed by atoms with Crippen LogP contribution in [0.3, 0.4) is 0 Å². The number of hydrogen-bond donors (Lipinski definition) is 2. The molecule has 0 atom stereocenters. The number of nitrogens with zero attached hydrogens (tertiary/aromatic N) is 2. The molecule has 104 valence electrons. The van der Waals surface area contributed by atoms with Crippen molar-refractivity contribution >= 4 is 18.7 Å². The van der Waals surface area contributed by atoms with Gasteiger partial charge in [-0.2, -0.15) is 0 Å². The quantitative estimate of drug-likeness (QED) is 0.817. The predicted molar refractivity (Wildman–Crippen MR) is 73.2 cm³/mol. The Morgan fingerprint density at radius 3 is 2.68 bits per heavy atom. The maximum atomic E-state index is 10.9. The highest BCUT2D eigenvalue weighted by atomic mass is 31.2. The number of phosphoric acid groups is 1. The molecule has 2 rings (SSSR count). The first-order chi connectivity index (χ1) is 8.87. The molecule has 2 aromatic rings. The molecule has 1 aromatic heterocycles.